The second-order valence-electron chi connectivity index (χ2n) is 7.22. The largest absolute Gasteiger partial charge is 0.368 e. The first kappa shape index (κ1) is 15.3. The van der Waals surface area contributed by atoms with Crippen molar-refractivity contribution in [1.82, 2.24) is 0 Å². The van der Waals surface area contributed by atoms with Gasteiger partial charge in [-0.2, -0.15) is 0 Å². The maximum absolute atomic E-state index is 10.1. The van der Waals surface area contributed by atoms with E-state index in [1.807, 2.05) is 0 Å². The van der Waals surface area contributed by atoms with Crippen LogP contribution in [-0.4, -0.2) is 41.5 Å². The Bertz CT molecular complexity index is 201. The van der Waals surface area contributed by atoms with Gasteiger partial charge in [0.2, 0.25) is 0 Å². The van der Waals surface area contributed by atoms with Crippen molar-refractivity contribution in [3.8, 4) is 0 Å². The Morgan fingerprint density at radius 1 is 1.00 bits per heavy atom. The van der Waals surface area contributed by atoms with Crippen molar-refractivity contribution < 1.29 is 9.38 Å². The first-order chi connectivity index (χ1) is 6.35. The van der Waals surface area contributed by atoms with Crippen LogP contribution < -0.4 is 0 Å². The van der Waals surface area contributed by atoms with Crippen LogP contribution in [-0.2, 0) is 0 Å². The van der Waals surface area contributed by atoms with E-state index >= 15 is 0 Å². The summed E-state index contributed by atoms with van der Waals surface area (Å²) < 4.78 is 0.880. The lowest BCUT2D eigenvalue weighted by Gasteiger charge is -2.43. The Labute approximate surface area is 97.1 Å². The van der Waals surface area contributed by atoms with Crippen molar-refractivity contribution in [2.45, 2.75) is 47.1 Å². The summed E-state index contributed by atoms with van der Waals surface area (Å²) in [6.07, 6.45) is 1.82. The highest BCUT2D eigenvalue weighted by Gasteiger charge is 2.34. The molecule has 1 atom stereocenters. The zero-order chi connectivity index (χ0) is 12.5. The molecule has 0 fully saturated rings. The van der Waals surface area contributed by atoms with Gasteiger partial charge in [-0.3, -0.25) is 0 Å². The van der Waals surface area contributed by atoms with Gasteiger partial charge in [0.15, 0.2) is 0 Å². The summed E-state index contributed by atoms with van der Waals surface area (Å²) in [5, 5.41) is 0. The van der Waals surface area contributed by atoms with Crippen LogP contribution in [0.15, 0.2) is 0 Å². The minimum absolute atomic E-state index is 0.196. The molecule has 15 heavy (non-hydrogen) atoms. The van der Waals surface area contributed by atoms with Gasteiger partial charge < -0.3 is 9.38 Å². The van der Waals surface area contributed by atoms with Crippen molar-refractivity contribution in [1.29, 1.82) is 0 Å². The monoisotopic (exact) mass is 234 g/mol. The van der Waals surface area contributed by atoms with Gasteiger partial charge >= 0.3 is 0 Å². The van der Waals surface area contributed by atoms with Crippen LogP contribution in [0.4, 0.5) is 0 Å². The van der Waals surface area contributed by atoms with Crippen LogP contribution in [0.3, 0.4) is 0 Å². The van der Waals surface area contributed by atoms with E-state index in [1.54, 1.807) is 0 Å². The van der Waals surface area contributed by atoms with Crippen molar-refractivity contribution >= 4 is 8.15 Å². The van der Waals surface area contributed by atoms with Crippen LogP contribution >= 0.6 is 8.15 Å². The molecule has 0 amide bonds. The van der Waals surface area contributed by atoms with Gasteiger partial charge in [-0.15, -0.1) is 0 Å². The van der Waals surface area contributed by atoms with Gasteiger partial charge in [0, 0.05) is 6.16 Å². The Kier molecular flexibility index (Phi) is 4.80. The molecule has 0 aliphatic carbocycles. The minimum Gasteiger partial charge on any atom is -0.368 e. The summed E-state index contributed by atoms with van der Waals surface area (Å²) in [4.78, 5) is 10.1. The second-order valence-corrected chi connectivity index (χ2v) is 8.83. The molecule has 0 aliphatic heterocycles. The van der Waals surface area contributed by atoms with E-state index in [1.165, 1.54) is 0 Å². The molecule has 0 aromatic carbocycles. The van der Waals surface area contributed by atoms with Crippen LogP contribution in [0.25, 0.3) is 0 Å². The first-order valence-electron chi connectivity index (χ1n) is 5.62. The molecule has 0 aromatic heterocycles. The Morgan fingerprint density at radius 3 is 1.67 bits per heavy atom. The molecule has 1 N–H and O–H groups in total. The predicted octanol–water partition coefficient (Wildman–Crippen LogP) is 3.25. The van der Waals surface area contributed by atoms with Gasteiger partial charge in [-0.05, 0) is 26.2 Å². The predicted molar refractivity (Wildman–Crippen MR) is 70.2 cm³/mol. The Balaban J connectivity index is 4.36. The average molecular weight is 234 g/mol. The summed E-state index contributed by atoms with van der Waals surface area (Å²) in [7, 11) is 3.56. The van der Waals surface area contributed by atoms with Gasteiger partial charge in [0.25, 0.3) is 0 Å². The van der Waals surface area contributed by atoms with Crippen molar-refractivity contribution in [2.24, 2.45) is 5.41 Å². The topological polar surface area (TPSA) is 20.2 Å². The number of hydrogen-bond donors (Lipinski definition) is 1. The SMILES string of the molecule is CC(C)(C)CP(O)C[N+](C)(C)C(C)(C)C. The third kappa shape index (κ3) is 5.85. The third-order valence-corrected chi connectivity index (χ3v) is 5.34. The molecule has 0 saturated carbocycles. The van der Waals surface area contributed by atoms with E-state index in [9.17, 15) is 4.89 Å². The van der Waals surface area contributed by atoms with E-state index in [4.69, 9.17) is 0 Å². The molecule has 0 aliphatic rings. The Hall–Kier alpha value is 0.350. The van der Waals surface area contributed by atoms with Crippen LogP contribution in [0, 0.1) is 5.41 Å². The highest BCUT2D eigenvalue weighted by atomic mass is 31.1. The highest BCUT2D eigenvalue weighted by molar-refractivity contribution is 7.51. The molecule has 0 bridgehead atoms. The van der Waals surface area contributed by atoms with E-state index in [0.29, 0.717) is 0 Å². The molecule has 0 rings (SSSR count). The molecule has 0 aromatic rings. The molecular formula is C12H29NOP+. The molecule has 1 unspecified atom stereocenters. The van der Waals surface area contributed by atoms with Gasteiger partial charge in [0.05, 0.1) is 27.8 Å². The fraction of sp³-hybridized carbons (Fsp3) is 1.00. The first-order valence-corrected chi connectivity index (χ1v) is 7.29. The molecule has 0 saturated heterocycles. The fourth-order valence-corrected chi connectivity index (χ4v) is 3.65. The number of quaternary nitrogens is 1. The molecule has 0 heterocycles. The normalized spacial score (nSPS) is 16.6. The van der Waals surface area contributed by atoms with Crippen molar-refractivity contribution in [2.75, 3.05) is 26.5 Å². The average Bonchev–Trinajstić information content (AvgIpc) is 1.75. The summed E-state index contributed by atoms with van der Waals surface area (Å²) in [6, 6.07) is 0. The molecule has 2 nitrogen and oxygen atoms in total. The third-order valence-electron chi connectivity index (χ3n) is 2.99. The Morgan fingerprint density at radius 2 is 1.40 bits per heavy atom. The summed E-state index contributed by atoms with van der Waals surface area (Å²) in [5.74, 6) is 0. The van der Waals surface area contributed by atoms with Crippen LogP contribution in [0.5, 0.6) is 0 Å². The lowest BCUT2D eigenvalue weighted by atomic mass is 10.0. The summed E-state index contributed by atoms with van der Waals surface area (Å²) in [6.45, 7) is 13.3. The summed E-state index contributed by atoms with van der Waals surface area (Å²) in [5.41, 5.74) is 0.430. The molecular weight excluding hydrogens is 205 g/mol. The van der Waals surface area contributed by atoms with Gasteiger partial charge in [-0.25, -0.2) is 0 Å². The van der Waals surface area contributed by atoms with E-state index < -0.39 is 8.15 Å². The zero-order valence-corrected chi connectivity index (χ0v) is 12.7. The van der Waals surface area contributed by atoms with E-state index in [2.05, 4.69) is 55.6 Å². The second kappa shape index (κ2) is 4.69. The maximum Gasteiger partial charge on any atom is 0.122 e. The summed E-state index contributed by atoms with van der Waals surface area (Å²) >= 11 is 0. The van der Waals surface area contributed by atoms with Crippen LogP contribution in [0.1, 0.15) is 41.5 Å². The minimum atomic E-state index is -0.849. The maximum atomic E-state index is 10.1. The fourth-order valence-electron chi connectivity index (χ4n) is 1.22. The molecule has 0 radical (unpaired) electrons. The number of nitrogens with zero attached hydrogens (tertiary/aromatic N) is 1. The molecule has 92 valence electrons. The van der Waals surface area contributed by atoms with Crippen molar-refractivity contribution in [3.05, 3.63) is 0 Å². The van der Waals surface area contributed by atoms with Gasteiger partial charge in [-0.1, -0.05) is 20.8 Å². The number of hydrogen-bond acceptors (Lipinski definition) is 1. The number of rotatable bonds is 3. The quantitative estimate of drug-likeness (QED) is 0.587. The van der Waals surface area contributed by atoms with E-state index in [0.717, 1.165) is 16.9 Å². The molecule has 0 spiro atoms. The molecule has 3 heteroatoms. The van der Waals surface area contributed by atoms with Crippen molar-refractivity contribution in [3.63, 3.8) is 0 Å². The zero-order valence-electron chi connectivity index (χ0n) is 11.8. The highest BCUT2D eigenvalue weighted by Crippen LogP contribution is 2.41. The van der Waals surface area contributed by atoms with Gasteiger partial charge in [0.1, 0.15) is 6.29 Å². The van der Waals surface area contributed by atoms with Crippen LogP contribution in [0.2, 0.25) is 0 Å². The standard InChI is InChI=1S/C12H29NOP/c1-11(2,3)9-15(14)10-13(7,8)12(4,5)6/h14H,9-10H2,1-8H3/q+1. The lowest BCUT2D eigenvalue weighted by Crippen LogP contribution is -2.54. The lowest BCUT2D eigenvalue weighted by molar-refractivity contribution is -0.925. The van der Waals surface area contributed by atoms with E-state index in [-0.39, 0.29) is 11.0 Å². The smallest absolute Gasteiger partial charge is 0.122 e.